The molecule has 1 unspecified atom stereocenters. The van der Waals surface area contributed by atoms with E-state index in [0.29, 0.717) is 36.4 Å². The van der Waals surface area contributed by atoms with E-state index in [2.05, 4.69) is 36.7 Å². The number of nitrogens with one attached hydrogen (secondary N) is 2. The van der Waals surface area contributed by atoms with Crippen molar-refractivity contribution in [2.45, 2.75) is 13.3 Å². The minimum Gasteiger partial charge on any atom is -0.459 e. The zero-order valence-corrected chi connectivity index (χ0v) is 25.9. The van der Waals surface area contributed by atoms with Gasteiger partial charge in [-0.3, -0.25) is 24.2 Å². The van der Waals surface area contributed by atoms with Crippen molar-refractivity contribution in [3.8, 4) is 11.8 Å². The van der Waals surface area contributed by atoms with E-state index in [1.807, 2.05) is 6.07 Å². The third-order valence-corrected chi connectivity index (χ3v) is 8.43. The summed E-state index contributed by atoms with van der Waals surface area (Å²) in [5.41, 5.74) is 2.75. The Balaban J connectivity index is 1.28. The van der Waals surface area contributed by atoms with Crippen molar-refractivity contribution >= 4 is 32.6 Å². The Morgan fingerprint density at radius 1 is 1.05 bits per heavy atom. The monoisotopic (exact) mass is 621 g/mol. The number of carbonyl (C=O) groups excluding carboxylic acids is 2. The van der Waals surface area contributed by atoms with E-state index in [4.69, 9.17) is 14.3 Å². The molecular weight excluding hydrogens is 582 g/mol. The van der Waals surface area contributed by atoms with E-state index in [-0.39, 0.29) is 23.8 Å². The summed E-state index contributed by atoms with van der Waals surface area (Å²) in [4.78, 5) is 34.1. The van der Waals surface area contributed by atoms with Crippen molar-refractivity contribution in [1.82, 2.24) is 19.5 Å². The van der Waals surface area contributed by atoms with Gasteiger partial charge in [0, 0.05) is 90.0 Å². The smallest absolute Gasteiger partial charge is 0.291 e. The van der Waals surface area contributed by atoms with Crippen molar-refractivity contribution in [1.29, 1.82) is 0 Å². The summed E-state index contributed by atoms with van der Waals surface area (Å²) in [5, 5.41) is 13.3. The Labute approximate surface area is 258 Å². The van der Waals surface area contributed by atoms with Crippen LogP contribution in [0.15, 0.2) is 59.5 Å². The number of anilines is 1. The highest BCUT2D eigenvalue weighted by Crippen LogP contribution is 2.15. The van der Waals surface area contributed by atoms with E-state index < -0.39 is 15.6 Å². The molecule has 1 aliphatic rings. The largest absolute Gasteiger partial charge is 0.459 e. The lowest BCUT2D eigenvalue weighted by molar-refractivity contribution is 0.0581. The van der Waals surface area contributed by atoms with Crippen LogP contribution in [0.1, 0.15) is 44.0 Å². The molecule has 0 aliphatic carbocycles. The number of aromatic nitrogens is 1. The SMILES string of the molecule is Cc1ccoc1C(=O)Nc1cccc(C#Cc2cncc(C(=O)NS(C)(=O)=CCCN3CCN(CCOCCO)CC3)c2)c1. The molecule has 3 aromatic rings. The van der Waals surface area contributed by atoms with Crippen molar-refractivity contribution in [2.24, 2.45) is 0 Å². The summed E-state index contributed by atoms with van der Waals surface area (Å²) in [6.45, 7) is 8.10. The van der Waals surface area contributed by atoms with E-state index in [1.54, 1.807) is 48.8 Å². The molecule has 1 fully saturated rings. The van der Waals surface area contributed by atoms with Crippen LogP contribution in [0.5, 0.6) is 0 Å². The number of pyridine rings is 1. The quantitative estimate of drug-likeness (QED) is 0.158. The minimum atomic E-state index is -2.71. The van der Waals surface area contributed by atoms with Gasteiger partial charge in [-0.25, -0.2) is 4.21 Å². The van der Waals surface area contributed by atoms with Crippen LogP contribution < -0.4 is 10.0 Å². The van der Waals surface area contributed by atoms with Gasteiger partial charge in [-0.1, -0.05) is 17.9 Å². The molecule has 2 aromatic heterocycles. The van der Waals surface area contributed by atoms with Crippen LogP contribution in [-0.2, 0) is 14.4 Å². The molecule has 4 rings (SSSR count). The third-order valence-electron chi connectivity index (χ3n) is 6.97. The number of ether oxygens (including phenoxy) is 1. The van der Waals surface area contributed by atoms with Gasteiger partial charge in [-0.15, -0.1) is 0 Å². The zero-order chi connectivity index (χ0) is 31.4. The van der Waals surface area contributed by atoms with Crippen molar-refractivity contribution in [3.63, 3.8) is 0 Å². The van der Waals surface area contributed by atoms with Gasteiger partial charge < -0.3 is 24.5 Å². The first-order chi connectivity index (χ1) is 21.2. The summed E-state index contributed by atoms with van der Waals surface area (Å²) in [7, 11) is -2.71. The first kappa shape index (κ1) is 32.9. The number of amides is 2. The van der Waals surface area contributed by atoms with Crippen molar-refractivity contribution < 1.29 is 28.1 Å². The van der Waals surface area contributed by atoms with Gasteiger partial charge in [0.05, 0.1) is 31.6 Å². The molecule has 3 heterocycles. The highest BCUT2D eigenvalue weighted by Gasteiger charge is 2.17. The van der Waals surface area contributed by atoms with Gasteiger partial charge in [0.15, 0.2) is 5.76 Å². The number of carbonyl (C=O) groups is 2. The number of hydrogen-bond donors (Lipinski definition) is 3. The van der Waals surface area contributed by atoms with Crippen molar-refractivity contribution in [2.75, 3.05) is 70.7 Å². The second-order valence-electron chi connectivity index (χ2n) is 10.5. The number of rotatable bonds is 12. The molecule has 12 heteroatoms. The molecule has 1 saturated heterocycles. The van der Waals surface area contributed by atoms with Crippen molar-refractivity contribution in [3.05, 3.63) is 83.1 Å². The van der Waals surface area contributed by atoms with E-state index in [0.717, 1.165) is 44.8 Å². The lowest BCUT2D eigenvalue weighted by atomic mass is 10.1. The Morgan fingerprint density at radius 3 is 2.52 bits per heavy atom. The van der Waals surface area contributed by atoms with Gasteiger partial charge >= 0.3 is 0 Å². The number of furan rings is 1. The van der Waals surface area contributed by atoms with E-state index >= 15 is 0 Å². The van der Waals surface area contributed by atoms with E-state index in [9.17, 15) is 13.8 Å². The Morgan fingerprint density at radius 2 is 1.80 bits per heavy atom. The number of piperazine rings is 1. The summed E-state index contributed by atoms with van der Waals surface area (Å²) in [6, 6.07) is 10.4. The number of aliphatic hydroxyl groups is 1. The first-order valence-electron chi connectivity index (χ1n) is 14.4. The van der Waals surface area contributed by atoms with Crippen LogP contribution in [-0.4, -0.2) is 107 Å². The van der Waals surface area contributed by atoms with Gasteiger partial charge in [0.2, 0.25) is 0 Å². The van der Waals surface area contributed by atoms with E-state index in [1.165, 1.54) is 18.7 Å². The summed E-state index contributed by atoms with van der Waals surface area (Å²) >= 11 is 0. The fraction of sp³-hybridized carbons (Fsp3) is 0.375. The summed E-state index contributed by atoms with van der Waals surface area (Å²) < 4.78 is 26.3. The predicted molar refractivity (Wildman–Crippen MR) is 171 cm³/mol. The maximum absolute atomic E-state index is 13.1. The molecule has 0 bridgehead atoms. The Kier molecular flexibility index (Phi) is 12.1. The minimum absolute atomic E-state index is 0.0390. The average Bonchev–Trinajstić information content (AvgIpc) is 3.45. The molecule has 1 atom stereocenters. The highest BCUT2D eigenvalue weighted by molar-refractivity contribution is 7.99. The molecule has 234 valence electrons. The lowest BCUT2D eigenvalue weighted by Gasteiger charge is -2.34. The molecule has 11 nitrogen and oxygen atoms in total. The Bertz CT molecular complexity index is 1610. The second-order valence-corrected chi connectivity index (χ2v) is 12.8. The predicted octanol–water partition coefficient (Wildman–Crippen LogP) is 2.01. The molecule has 1 aromatic carbocycles. The number of aliphatic hydroxyl groups excluding tert-OH is 1. The maximum Gasteiger partial charge on any atom is 0.291 e. The summed E-state index contributed by atoms with van der Waals surface area (Å²) in [5.74, 6) is 5.45. The number of nitrogens with zero attached hydrogens (tertiary/aromatic N) is 3. The highest BCUT2D eigenvalue weighted by atomic mass is 32.2. The third kappa shape index (κ3) is 10.3. The van der Waals surface area contributed by atoms with Crippen LogP contribution in [0.25, 0.3) is 0 Å². The average molecular weight is 622 g/mol. The fourth-order valence-corrected chi connectivity index (χ4v) is 5.71. The molecule has 0 radical (unpaired) electrons. The Hall–Kier alpha value is -3.99. The topological polar surface area (TPSA) is 137 Å². The standard InChI is InChI=1S/C32H39N5O6S/c1-25-9-17-43-30(25)32(40)34-29-6-3-5-26(22-29)7-8-27-21-28(24-33-23-27)31(39)35-44(2,41)20-4-10-36-11-13-37(14-12-36)15-18-42-19-16-38/h3,5-6,9,17,20-24,38H,4,10-16,18-19H2,1-2H3,(H,34,40)(H,35,39,41). The molecule has 1 aliphatic heterocycles. The molecular formula is C32H39N5O6S. The first-order valence-corrected chi connectivity index (χ1v) is 16.5. The van der Waals surface area contributed by atoms with Crippen LogP contribution >= 0.6 is 0 Å². The maximum atomic E-state index is 13.1. The van der Waals surface area contributed by atoms with Gasteiger partial charge in [-0.05, 0) is 49.0 Å². The molecule has 3 N–H and O–H groups in total. The molecule has 0 saturated carbocycles. The van der Waals surface area contributed by atoms with Gasteiger partial charge in [0.25, 0.3) is 11.8 Å². The van der Waals surface area contributed by atoms with Gasteiger partial charge in [-0.2, -0.15) is 0 Å². The van der Waals surface area contributed by atoms with Crippen LogP contribution in [0, 0.1) is 18.8 Å². The molecule has 2 amide bonds. The van der Waals surface area contributed by atoms with Crippen LogP contribution in [0.3, 0.4) is 0 Å². The fourth-order valence-electron chi connectivity index (χ4n) is 4.59. The second kappa shape index (κ2) is 16.2. The lowest BCUT2D eigenvalue weighted by Crippen LogP contribution is -2.47. The van der Waals surface area contributed by atoms with Crippen LogP contribution in [0.4, 0.5) is 5.69 Å². The number of hydrogen-bond acceptors (Lipinski definition) is 9. The van der Waals surface area contributed by atoms with Gasteiger partial charge in [0.1, 0.15) is 0 Å². The zero-order valence-electron chi connectivity index (χ0n) is 25.1. The number of aryl methyl sites for hydroxylation is 1. The summed E-state index contributed by atoms with van der Waals surface area (Å²) in [6.07, 6.45) is 6.53. The van der Waals surface area contributed by atoms with Crippen LogP contribution in [0.2, 0.25) is 0 Å². The molecule has 0 spiro atoms. The number of benzene rings is 1. The molecule has 44 heavy (non-hydrogen) atoms. The normalized spacial score (nSPS) is 15.1.